The summed E-state index contributed by atoms with van der Waals surface area (Å²) in [6, 6.07) is 0. The fourth-order valence-corrected chi connectivity index (χ4v) is 6.23. The maximum Gasteiger partial charge on any atom is -1.00 e. The minimum atomic E-state index is 0. The first kappa shape index (κ1) is 20.3. The summed E-state index contributed by atoms with van der Waals surface area (Å²) in [5.41, 5.74) is 7.01. The molecule has 1 aliphatic heterocycles. The number of halogens is 2. The van der Waals surface area contributed by atoms with E-state index in [1.165, 1.54) is 57.8 Å². The first-order valence-electron chi connectivity index (χ1n) is 8.43. The quantitative estimate of drug-likeness (QED) is 0.577. The minimum Gasteiger partial charge on any atom is -1.00 e. The molecule has 3 heteroatoms. The van der Waals surface area contributed by atoms with Gasteiger partial charge >= 0.3 is 133 Å². The second-order valence-electron chi connectivity index (χ2n) is 6.29. The molecule has 0 aromatic carbocycles. The normalized spacial score (nSPS) is 18.5. The molecule has 0 fully saturated rings. The van der Waals surface area contributed by atoms with E-state index in [0.29, 0.717) is 0 Å². The van der Waals surface area contributed by atoms with Gasteiger partial charge in [0.25, 0.3) is 0 Å². The van der Waals surface area contributed by atoms with Crippen molar-refractivity contribution in [3.05, 3.63) is 42.2 Å². The largest absolute Gasteiger partial charge is 1.00 e. The van der Waals surface area contributed by atoms with Crippen LogP contribution in [0, 0.1) is 0 Å². The van der Waals surface area contributed by atoms with Gasteiger partial charge in [-0.05, 0) is 0 Å². The molecule has 22 heavy (non-hydrogen) atoms. The molecular formula is C19H26Cl2Ti. The molecule has 120 valence electrons. The molecule has 4 bridgehead atoms. The van der Waals surface area contributed by atoms with Gasteiger partial charge in [0, 0.05) is 0 Å². The van der Waals surface area contributed by atoms with Crippen molar-refractivity contribution in [1.29, 1.82) is 0 Å². The Bertz CT molecular complexity index is 478. The summed E-state index contributed by atoms with van der Waals surface area (Å²) in [6.45, 7) is 4.64. The Morgan fingerprint density at radius 3 is 1.68 bits per heavy atom. The molecule has 0 radical (unpaired) electrons. The SMILES string of the molecule is CCCCC1=[C]2CC=C1CC1=CC[C](=C1CCCC)[Ti+2]2.[Cl-].[Cl-]. The number of unbranched alkanes of at least 4 members (excludes halogenated alkanes) is 2. The molecule has 0 aromatic heterocycles. The summed E-state index contributed by atoms with van der Waals surface area (Å²) >= 11 is 0.00798. The molecule has 0 amide bonds. The number of hydrogen-bond donors (Lipinski definition) is 0. The standard InChI is InChI=1S/C19H26.2ClH.Ti/c1-3-5-9-16-11-7-13-18(16)15-19-14-8-12-17(19)10-6-4-2;;;/h13-14H,3-10,15H2,1-2H3;2*1H;/q;;;+2/p-2. The predicted octanol–water partition coefficient (Wildman–Crippen LogP) is 0.0294. The fourth-order valence-electron chi connectivity index (χ4n) is 3.66. The Balaban J connectivity index is 0.00000121. The van der Waals surface area contributed by atoms with Crippen molar-refractivity contribution in [3.8, 4) is 0 Å². The Morgan fingerprint density at radius 1 is 0.818 bits per heavy atom. The van der Waals surface area contributed by atoms with Crippen LogP contribution in [0.25, 0.3) is 0 Å². The Morgan fingerprint density at radius 2 is 1.27 bits per heavy atom. The van der Waals surface area contributed by atoms with Gasteiger partial charge in [-0.1, -0.05) is 0 Å². The third-order valence-electron chi connectivity index (χ3n) is 4.85. The van der Waals surface area contributed by atoms with Gasteiger partial charge in [-0.25, -0.2) is 0 Å². The third-order valence-corrected chi connectivity index (χ3v) is 7.37. The van der Waals surface area contributed by atoms with Crippen LogP contribution in [0.15, 0.2) is 42.2 Å². The molecule has 3 rings (SSSR count). The van der Waals surface area contributed by atoms with Crippen LogP contribution in [0.5, 0.6) is 0 Å². The van der Waals surface area contributed by atoms with E-state index in [4.69, 9.17) is 0 Å². The van der Waals surface area contributed by atoms with E-state index in [9.17, 15) is 0 Å². The Hall–Kier alpha value is 0.254. The average Bonchev–Trinajstić information content (AvgIpc) is 3.03. The van der Waals surface area contributed by atoms with Gasteiger partial charge in [0.2, 0.25) is 0 Å². The second-order valence-corrected chi connectivity index (χ2v) is 8.57. The van der Waals surface area contributed by atoms with Crippen LogP contribution in [-0.2, 0) is 19.2 Å². The average molecular weight is 373 g/mol. The smallest absolute Gasteiger partial charge is 1.00 e. The number of hydrogen-bond acceptors (Lipinski definition) is 0. The van der Waals surface area contributed by atoms with E-state index in [1.54, 1.807) is 22.3 Å². The minimum absolute atomic E-state index is 0. The van der Waals surface area contributed by atoms with E-state index in [0.717, 1.165) is 0 Å². The van der Waals surface area contributed by atoms with E-state index in [2.05, 4.69) is 26.0 Å². The van der Waals surface area contributed by atoms with Crippen molar-refractivity contribution < 1.29 is 44.0 Å². The van der Waals surface area contributed by atoms with Crippen molar-refractivity contribution in [1.82, 2.24) is 0 Å². The Labute approximate surface area is 157 Å². The summed E-state index contributed by atoms with van der Waals surface area (Å²) in [6.07, 6.45) is 17.1. The predicted molar refractivity (Wildman–Crippen MR) is 83.1 cm³/mol. The number of rotatable bonds is 6. The van der Waals surface area contributed by atoms with Crippen LogP contribution in [0.3, 0.4) is 0 Å². The van der Waals surface area contributed by atoms with E-state index < -0.39 is 0 Å². The van der Waals surface area contributed by atoms with Crippen LogP contribution >= 0.6 is 0 Å². The molecule has 1 heterocycles. The van der Waals surface area contributed by atoms with Crippen LogP contribution in [0.1, 0.15) is 71.6 Å². The second kappa shape index (κ2) is 9.53. The first-order valence-corrected chi connectivity index (χ1v) is 9.99. The maximum absolute atomic E-state index is 2.56. The monoisotopic (exact) mass is 372 g/mol. The summed E-state index contributed by atoms with van der Waals surface area (Å²) < 4.78 is 3.76. The van der Waals surface area contributed by atoms with Gasteiger partial charge in [-0.3, -0.25) is 0 Å². The molecule has 0 unspecified atom stereocenters. The summed E-state index contributed by atoms with van der Waals surface area (Å²) in [4.78, 5) is 0. The number of allylic oxidation sites excluding steroid dienone is 8. The zero-order valence-electron chi connectivity index (χ0n) is 13.8. The van der Waals surface area contributed by atoms with E-state index in [1.807, 2.05) is 7.76 Å². The molecule has 2 aliphatic carbocycles. The molecular weight excluding hydrogens is 347 g/mol. The molecule has 3 aliphatic rings. The molecule has 0 nitrogen and oxygen atoms in total. The van der Waals surface area contributed by atoms with Crippen molar-refractivity contribution in [2.24, 2.45) is 0 Å². The number of fused-ring (bicyclic) bond motifs is 2. The van der Waals surface area contributed by atoms with E-state index in [-0.39, 0.29) is 44.0 Å². The van der Waals surface area contributed by atoms with Crippen molar-refractivity contribution in [2.45, 2.75) is 71.6 Å². The van der Waals surface area contributed by atoms with E-state index >= 15 is 0 Å². The van der Waals surface area contributed by atoms with Gasteiger partial charge in [0.05, 0.1) is 0 Å². The van der Waals surface area contributed by atoms with Gasteiger partial charge in [-0.15, -0.1) is 0 Å². The van der Waals surface area contributed by atoms with Crippen LogP contribution in [0.2, 0.25) is 0 Å². The molecule has 0 saturated heterocycles. The molecule has 0 aromatic rings. The topological polar surface area (TPSA) is 0 Å². The van der Waals surface area contributed by atoms with Crippen LogP contribution < -0.4 is 24.8 Å². The fraction of sp³-hybridized carbons (Fsp3) is 0.579. The summed E-state index contributed by atoms with van der Waals surface area (Å²) in [5, 5.41) is 0. The summed E-state index contributed by atoms with van der Waals surface area (Å²) in [5.74, 6) is 0. The van der Waals surface area contributed by atoms with Crippen molar-refractivity contribution in [3.63, 3.8) is 0 Å². The van der Waals surface area contributed by atoms with Crippen molar-refractivity contribution in [2.75, 3.05) is 0 Å². The maximum atomic E-state index is 2.56. The van der Waals surface area contributed by atoms with Gasteiger partial charge in [0.1, 0.15) is 0 Å². The van der Waals surface area contributed by atoms with Crippen LogP contribution in [-0.4, -0.2) is 0 Å². The molecule has 0 spiro atoms. The first-order chi connectivity index (χ1) is 9.83. The molecule has 0 atom stereocenters. The zero-order chi connectivity index (χ0) is 13.9. The van der Waals surface area contributed by atoms with Crippen molar-refractivity contribution >= 4 is 0 Å². The zero-order valence-corrected chi connectivity index (χ0v) is 16.8. The van der Waals surface area contributed by atoms with Crippen LogP contribution in [0.4, 0.5) is 0 Å². The molecule has 0 saturated carbocycles. The van der Waals surface area contributed by atoms with Gasteiger partial charge in [0.15, 0.2) is 0 Å². The Kier molecular flexibility index (Phi) is 8.79. The van der Waals surface area contributed by atoms with Gasteiger partial charge in [-0.2, -0.15) is 0 Å². The molecule has 0 N–H and O–H groups in total. The third kappa shape index (κ3) is 4.21. The summed E-state index contributed by atoms with van der Waals surface area (Å²) in [7, 11) is 0. The van der Waals surface area contributed by atoms with Gasteiger partial charge < -0.3 is 24.8 Å².